The molecule has 0 fully saturated rings. The van der Waals surface area contributed by atoms with Crippen LogP contribution in [0.1, 0.15) is 11.3 Å². The number of alkyl halides is 3. The first kappa shape index (κ1) is 14.0. The molecule has 104 valence electrons. The van der Waals surface area contributed by atoms with Crippen molar-refractivity contribution in [1.82, 2.24) is 4.98 Å². The van der Waals surface area contributed by atoms with Crippen LogP contribution in [0.5, 0.6) is 0 Å². The number of benzene rings is 1. The lowest BCUT2D eigenvalue weighted by molar-refractivity contribution is -0.139. The van der Waals surface area contributed by atoms with E-state index in [9.17, 15) is 18.0 Å². The van der Waals surface area contributed by atoms with Gasteiger partial charge in [0.2, 0.25) is 0 Å². The lowest BCUT2D eigenvalue weighted by atomic mass is 9.97. The zero-order valence-electron chi connectivity index (χ0n) is 10.2. The minimum Gasteiger partial charge on any atom is -0.481 e. The highest BCUT2D eigenvalue weighted by molar-refractivity contribution is 5.74. The van der Waals surface area contributed by atoms with Crippen molar-refractivity contribution >= 4 is 5.97 Å². The van der Waals surface area contributed by atoms with Gasteiger partial charge in [0.05, 0.1) is 17.7 Å². The van der Waals surface area contributed by atoms with Crippen molar-refractivity contribution in [3.63, 3.8) is 0 Å². The Morgan fingerprint density at radius 3 is 2.35 bits per heavy atom. The van der Waals surface area contributed by atoms with Crippen LogP contribution in [0.25, 0.3) is 11.1 Å². The predicted octanol–water partition coefficient (Wildman–Crippen LogP) is 3.39. The van der Waals surface area contributed by atoms with Gasteiger partial charge in [0.25, 0.3) is 0 Å². The third kappa shape index (κ3) is 2.96. The second-order valence-corrected chi connectivity index (χ2v) is 4.11. The Labute approximate surface area is 112 Å². The van der Waals surface area contributed by atoms with Gasteiger partial charge in [0.1, 0.15) is 0 Å². The van der Waals surface area contributed by atoms with E-state index in [0.717, 1.165) is 0 Å². The number of carbonyl (C=O) groups is 1. The van der Waals surface area contributed by atoms with Crippen molar-refractivity contribution in [2.75, 3.05) is 0 Å². The molecular formula is C14H10F3NO2. The molecule has 3 nitrogen and oxygen atoms in total. The van der Waals surface area contributed by atoms with Crippen LogP contribution < -0.4 is 0 Å². The number of pyridine rings is 1. The standard InChI is InChI=1S/C14H10F3NO2/c15-14(16,17)13-10(9-4-2-1-3-5-9)6-7-18-11(13)8-12(19)20/h1-7H,8H2,(H,19,20). The molecule has 0 amide bonds. The van der Waals surface area contributed by atoms with Gasteiger partial charge < -0.3 is 5.11 Å². The van der Waals surface area contributed by atoms with Crippen LogP contribution in [-0.2, 0) is 17.4 Å². The summed E-state index contributed by atoms with van der Waals surface area (Å²) < 4.78 is 39.6. The van der Waals surface area contributed by atoms with E-state index in [-0.39, 0.29) is 5.56 Å². The van der Waals surface area contributed by atoms with Gasteiger partial charge in [0, 0.05) is 6.20 Å². The number of aromatic nitrogens is 1. The molecule has 0 spiro atoms. The van der Waals surface area contributed by atoms with E-state index >= 15 is 0 Å². The Morgan fingerprint density at radius 1 is 1.15 bits per heavy atom. The minimum absolute atomic E-state index is 0.0654. The van der Waals surface area contributed by atoms with Gasteiger partial charge in [-0.25, -0.2) is 0 Å². The average Bonchev–Trinajstić information content (AvgIpc) is 2.37. The van der Waals surface area contributed by atoms with Gasteiger partial charge in [-0.2, -0.15) is 13.2 Å². The van der Waals surface area contributed by atoms with Gasteiger partial charge in [-0.15, -0.1) is 0 Å². The summed E-state index contributed by atoms with van der Waals surface area (Å²) in [5.74, 6) is -1.35. The molecule has 20 heavy (non-hydrogen) atoms. The maximum Gasteiger partial charge on any atom is 0.418 e. The highest BCUT2D eigenvalue weighted by Gasteiger charge is 2.37. The zero-order valence-corrected chi connectivity index (χ0v) is 10.2. The van der Waals surface area contributed by atoms with Crippen molar-refractivity contribution in [2.24, 2.45) is 0 Å². The Balaban J connectivity index is 2.66. The molecule has 0 aliphatic heterocycles. The SMILES string of the molecule is O=C(O)Cc1nccc(-c2ccccc2)c1C(F)(F)F. The first-order valence-corrected chi connectivity index (χ1v) is 5.72. The number of rotatable bonds is 3. The van der Waals surface area contributed by atoms with E-state index in [0.29, 0.717) is 5.56 Å². The minimum atomic E-state index is -4.66. The fraction of sp³-hybridized carbons (Fsp3) is 0.143. The van der Waals surface area contributed by atoms with Crippen molar-refractivity contribution in [2.45, 2.75) is 12.6 Å². The van der Waals surface area contributed by atoms with Crippen LogP contribution in [0.4, 0.5) is 13.2 Å². The highest BCUT2D eigenvalue weighted by atomic mass is 19.4. The number of carboxylic acids is 1. The number of hydrogen-bond donors (Lipinski definition) is 1. The van der Waals surface area contributed by atoms with Crippen LogP contribution >= 0.6 is 0 Å². The maximum atomic E-state index is 13.2. The molecule has 1 N–H and O–H groups in total. The average molecular weight is 281 g/mol. The van der Waals surface area contributed by atoms with Crippen molar-refractivity contribution in [1.29, 1.82) is 0 Å². The topological polar surface area (TPSA) is 50.2 Å². The summed E-state index contributed by atoms with van der Waals surface area (Å²) in [4.78, 5) is 14.3. The van der Waals surface area contributed by atoms with Gasteiger partial charge in [-0.05, 0) is 17.2 Å². The van der Waals surface area contributed by atoms with Crippen molar-refractivity contribution in [3.05, 3.63) is 53.9 Å². The monoisotopic (exact) mass is 281 g/mol. The molecule has 0 unspecified atom stereocenters. The molecule has 1 aromatic carbocycles. The van der Waals surface area contributed by atoms with Crippen LogP contribution in [0.2, 0.25) is 0 Å². The molecule has 0 radical (unpaired) electrons. The van der Waals surface area contributed by atoms with Crippen molar-refractivity contribution in [3.8, 4) is 11.1 Å². The van der Waals surface area contributed by atoms with E-state index in [2.05, 4.69) is 4.98 Å². The lowest BCUT2D eigenvalue weighted by Gasteiger charge is -2.16. The van der Waals surface area contributed by atoms with E-state index < -0.39 is 29.8 Å². The number of halogens is 3. The lowest BCUT2D eigenvalue weighted by Crippen LogP contribution is -2.15. The molecule has 1 heterocycles. The molecule has 6 heteroatoms. The summed E-state index contributed by atoms with van der Waals surface area (Å²) >= 11 is 0. The van der Waals surface area contributed by atoms with Gasteiger partial charge >= 0.3 is 12.1 Å². The Hall–Kier alpha value is -2.37. The number of hydrogen-bond acceptors (Lipinski definition) is 2. The maximum absolute atomic E-state index is 13.2. The molecular weight excluding hydrogens is 271 g/mol. The molecule has 0 saturated heterocycles. The van der Waals surface area contributed by atoms with E-state index in [4.69, 9.17) is 5.11 Å². The summed E-state index contributed by atoms with van der Waals surface area (Å²) in [7, 11) is 0. The normalized spacial score (nSPS) is 11.3. The molecule has 0 saturated carbocycles. The Kier molecular flexibility index (Phi) is 3.74. The molecule has 1 aromatic heterocycles. The predicted molar refractivity (Wildman–Crippen MR) is 66.0 cm³/mol. The molecule has 0 aliphatic rings. The zero-order chi connectivity index (χ0) is 14.8. The van der Waals surface area contributed by atoms with Crippen LogP contribution in [-0.4, -0.2) is 16.1 Å². The quantitative estimate of drug-likeness (QED) is 0.938. The smallest absolute Gasteiger partial charge is 0.418 e. The second-order valence-electron chi connectivity index (χ2n) is 4.11. The number of nitrogens with zero attached hydrogens (tertiary/aromatic N) is 1. The first-order chi connectivity index (χ1) is 9.39. The van der Waals surface area contributed by atoms with E-state index in [1.54, 1.807) is 18.2 Å². The van der Waals surface area contributed by atoms with Crippen LogP contribution in [0.3, 0.4) is 0 Å². The summed E-state index contributed by atoms with van der Waals surface area (Å²) in [6.45, 7) is 0. The summed E-state index contributed by atoms with van der Waals surface area (Å²) in [5.41, 5.74) is -1.17. The molecule has 0 aliphatic carbocycles. The van der Waals surface area contributed by atoms with E-state index in [1.807, 2.05) is 0 Å². The van der Waals surface area contributed by atoms with Gasteiger partial charge in [-0.1, -0.05) is 30.3 Å². The number of aliphatic carboxylic acids is 1. The van der Waals surface area contributed by atoms with Gasteiger partial charge in [-0.3, -0.25) is 9.78 Å². The van der Waals surface area contributed by atoms with Gasteiger partial charge in [0.15, 0.2) is 0 Å². The third-order valence-electron chi connectivity index (χ3n) is 2.72. The summed E-state index contributed by atoms with van der Waals surface area (Å²) in [5, 5.41) is 8.71. The molecule has 0 bridgehead atoms. The second kappa shape index (κ2) is 5.32. The van der Waals surface area contributed by atoms with Crippen LogP contribution in [0, 0.1) is 0 Å². The van der Waals surface area contributed by atoms with Crippen LogP contribution in [0.15, 0.2) is 42.6 Å². The molecule has 0 atom stereocenters. The summed E-state index contributed by atoms with van der Waals surface area (Å²) in [6.07, 6.45) is -4.24. The highest BCUT2D eigenvalue weighted by Crippen LogP contribution is 2.38. The van der Waals surface area contributed by atoms with Crippen molar-refractivity contribution < 1.29 is 23.1 Å². The summed E-state index contributed by atoms with van der Waals surface area (Å²) in [6, 6.07) is 9.24. The Morgan fingerprint density at radius 2 is 1.80 bits per heavy atom. The third-order valence-corrected chi connectivity index (χ3v) is 2.72. The molecule has 2 rings (SSSR count). The largest absolute Gasteiger partial charge is 0.481 e. The fourth-order valence-electron chi connectivity index (χ4n) is 1.96. The first-order valence-electron chi connectivity index (χ1n) is 5.72. The fourth-order valence-corrected chi connectivity index (χ4v) is 1.96. The van der Waals surface area contributed by atoms with E-state index in [1.165, 1.54) is 24.4 Å². The molecule has 2 aromatic rings. The Bertz CT molecular complexity index is 624. The number of carboxylic acid groups (broad SMARTS) is 1.